The molecular weight excluding hydrogens is 276 g/mol. The summed E-state index contributed by atoms with van der Waals surface area (Å²) in [5.41, 5.74) is 3.70. The molecule has 0 unspecified atom stereocenters. The molecule has 1 saturated heterocycles. The highest BCUT2D eigenvalue weighted by molar-refractivity contribution is 5.28. The van der Waals surface area contributed by atoms with Crippen molar-refractivity contribution in [2.75, 3.05) is 37.6 Å². The van der Waals surface area contributed by atoms with Gasteiger partial charge in [-0.15, -0.1) is 0 Å². The van der Waals surface area contributed by atoms with E-state index in [1.54, 1.807) is 0 Å². The van der Waals surface area contributed by atoms with Crippen LogP contribution in [0.5, 0.6) is 0 Å². The van der Waals surface area contributed by atoms with Crippen molar-refractivity contribution in [1.82, 2.24) is 25.1 Å². The first-order valence-corrected chi connectivity index (χ1v) is 7.99. The molecule has 6 heteroatoms. The largest absolute Gasteiger partial charge is 0.339 e. The fraction of sp³-hybridized carbons (Fsp3) is 0.562. The summed E-state index contributed by atoms with van der Waals surface area (Å²) in [5, 5.41) is 7.35. The summed E-state index contributed by atoms with van der Waals surface area (Å²) < 4.78 is 0. The number of aryl methyl sites for hydroxylation is 2. The average Bonchev–Trinajstić information content (AvgIpc) is 2.75. The summed E-state index contributed by atoms with van der Waals surface area (Å²) in [6.07, 6.45) is 5.85. The van der Waals surface area contributed by atoms with E-state index >= 15 is 0 Å². The van der Waals surface area contributed by atoms with Crippen molar-refractivity contribution in [1.29, 1.82) is 0 Å². The lowest BCUT2D eigenvalue weighted by Crippen LogP contribution is -2.32. The first-order chi connectivity index (χ1) is 10.7. The number of H-pyrrole nitrogens is 1. The molecule has 118 valence electrons. The number of aromatic nitrogens is 4. The van der Waals surface area contributed by atoms with E-state index in [0.29, 0.717) is 0 Å². The van der Waals surface area contributed by atoms with Gasteiger partial charge in [0.25, 0.3) is 0 Å². The molecule has 0 amide bonds. The van der Waals surface area contributed by atoms with E-state index in [2.05, 4.69) is 43.8 Å². The third-order valence-electron chi connectivity index (χ3n) is 4.38. The minimum absolute atomic E-state index is 0.853. The Balaban J connectivity index is 1.55. The molecule has 2 aromatic rings. The number of aromatic amines is 1. The van der Waals surface area contributed by atoms with Gasteiger partial charge in [-0.05, 0) is 44.9 Å². The lowest BCUT2D eigenvalue weighted by molar-refractivity contribution is 0.297. The Bertz CT molecular complexity index is 574. The molecule has 6 nitrogen and oxygen atoms in total. The number of nitrogens with one attached hydrogen (secondary N) is 1. The molecule has 1 N–H and O–H groups in total. The molecule has 2 aromatic heterocycles. The molecule has 0 aliphatic carbocycles. The molecule has 0 aromatic carbocycles. The van der Waals surface area contributed by atoms with E-state index in [0.717, 1.165) is 57.2 Å². The number of rotatable bonds is 4. The number of hydrogen-bond acceptors (Lipinski definition) is 5. The Hall–Kier alpha value is -1.95. The molecule has 0 spiro atoms. The lowest BCUT2D eigenvalue weighted by Gasteiger charge is -2.21. The van der Waals surface area contributed by atoms with Crippen LogP contribution in [0.15, 0.2) is 18.5 Å². The van der Waals surface area contributed by atoms with Gasteiger partial charge in [0, 0.05) is 44.3 Å². The van der Waals surface area contributed by atoms with Crippen molar-refractivity contribution in [3.05, 3.63) is 35.4 Å². The fourth-order valence-corrected chi connectivity index (χ4v) is 3.06. The SMILES string of the molecule is Cc1n[nH]c(C)c1CCN1CCCN(c2ncccn2)CC1. The van der Waals surface area contributed by atoms with Crippen LogP contribution in [-0.4, -0.2) is 57.8 Å². The van der Waals surface area contributed by atoms with Crippen LogP contribution < -0.4 is 4.90 Å². The maximum atomic E-state index is 4.36. The average molecular weight is 300 g/mol. The van der Waals surface area contributed by atoms with Gasteiger partial charge in [-0.1, -0.05) is 0 Å². The number of nitrogens with zero attached hydrogens (tertiary/aromatic N) is 5. The maximum absolute atomic E-state index is 4.36. The van der Waals surface area contributed by atoms with Crippen LogP contribution in [0.1, 0.15) is 23.4 Å². The highest BCUT2D eigenvalue weighted by Crippen LogP contribution is 2.13. The molecule has 1 fully saturated rings. The topological polar surface area (TPSA) is 60.9 Å². The standard InChI is InChI=1S/C16H24N6/c1-13-15(14(2)20-19-13)5-10-21-8-4-9-22(12-11-21)16-17-6-3-7-18-16/h3,6-7H,4-5,8-12H2,1-2H3,(H,19,20). The molecule has 0 atom stereocenters. The van der Waals surface area contributed by atoms with Gasteiger partial charge in [0.15, 0.2) is 0 Å². The summed E-state index contributed by atoms with van der Waals surface area (Å²) in [6, 6.07) is 1.86. The molecule has 0 bridgehead atoms. The predicted octanol–water partition coefficient (Wildman–Crippen LogP) is 1.57. The van der Waals surface area contributed by atoms with Gasteiger partial charge in [0.1, 0.15) is 0 Å². The van der Waals surface area contributed by atoms with Crippen LogP contribution in [-0.2, 0) is 6.42 Å². The summed E-state index contributed by atoms with van der Waals surface area (Å²) in [7, 11) is 0. The lowest BCUT2D eigenvalue weighted by atomic mass is 10.1. The van der Waals surface area contributed by atoms with Crippen LogP contribution in [0.2, 0.25) is 0 Å². The summed E-state index contributed by atoms with van der Waals surface area (Å²) >= 11 is 0. The van der Waals surface area contributed by atoms with Gasteiger partial charge in [-0.3, -0.25) is 5.10 Å². The van der Waals surface area contributed by atoms with Crippen molar-refractivity contribution in [3.63, 3.8) is 0 Å². The molecular formula is C16H24N6. The highest BCUT2D eigenvalue weighted by Gasteiger charge is 2.17. The molecule has 0 saturated carbocycles. The summed E-state index contributed by atoms with van der Waals surface area (Å²) in [6.45, 7) is 9.50. The normalized spacial score (nSPS) is 16.7. The second kappa shape index (κ2) is 6.87. The summed E-state index contributed by atoms with van der Waals surface area (Å²) in [4.78, 5) is 13.5. The Morgan fingerprint density at radius 1 is 1.09 bits per heavy atom. The molecule has 22 heavy (non-hydrogen) atoms. The number of hydrogen-bond donors (Lipinski definition) is 1. The van der Waals surface area contributed by atoms with Crippen molar-refractivity contribution in [2.45, 2.75) is 26.7 Å². The van der Waals surface area contributed by atoms with Gasteiger partial charge >= 0.3 is 0 Å². The maximum Gasteiger partial charge on any atom is 0.225 e. The van der Waals surface area contributed by atoms with Crippen LogP contribution in [0.3, 0.4) is 0 Å². The van der Waals surface area contributed by atoms with Crippen LogP contribution in [0.4, 0.5) is 5.95 Å². The van der Waals surface area contributed by atoms with E-state index in [-0.39, 0.29) is 0 Å². The van der Waals surface area contributed by atoms with Crippen LogP contribution in [0.25, 0.3) is 0 Å². The minimum atomic E-state index is 0.853. The van der Waals surface area contributed by atoms with Gasteiger partial charge in [-0.2, -0.15) is 5.10 Å². The van der Waals surface area contributed by atoms with Crippen molar-refractivity contribution < 1.29 is 0 Å². The van der Waals surface area contributed by atoms with Crippen molar-refractivity contribution >= 4 is 5.95 Å². The Morgan fingerprint density at radius 2 is 1.91 bits per heavy atom. The van der Waals surface area contributed by atoms with E-state index in [9.17, 15) is 0 Å². The predicted molar refractivity (Wildman–Crippen MR) is 87.1 cm³/mol. The Kier molecular flexibility index (Phi) is 4.68. The van der Waals surface area contributed by atoms with E-state index in [4.69, 9.17) is 0 Å². The minimum Gasteiger partial charge on any atom is -0.339 e. The first kappa shape index (κ1) is 15.0. The number of anilines is 1. The van der Waals surface area contributed by atoms with E-state index in [1.165, 1.54) is 11.3 Å². The summed E-state index contributed by atoms with van der Waals surface area (Å²) in [5.74, 6) is 0.853. The third-order valence-corrected chi connectivity index (χ3v) is 4.38. The Morgan fingerprint density at radius 3 is 2.64 bits per heavy atom. The van der Waals surface area contributed by atoms with Gasteiger partial charge < -0.3 is 9.80 Å². The zero-order valence-corrected chi connectivity index (χ0v) is 13.4. The molecule has 1 aliphatic heterocycles. The zero-order chi connectivity index (χ0) is 15.4. The molecule has 0 radical (unpaired) electrons. The van der Waals surface area contributed by atoms with Crippen molar-refractivity contribution in [2.24, 2.45) is 0 Å². The highest BCUT2D eigenvalue weighted by atomic mass is 15.3. The molecule has 3 heterocycles. The smallest absolute Gasteiger partial charge is 0.225 e. The second-order valence-electron chi connectivity index (χ2n) is 5.89. The first-order valence-electron chi connectivity index (χ1n) is 7.99. The van der Waals surface area contributed by atoms with E-state index in [1.807, 2.05) is 18.5 Å². The van der Waals surface area contributed by atoms with E-state index < -0.39 is 0 Å². The van der Waals surface area contributed by atoms with Crippen LogP contribution in [0, 0.1) is 13.8 Å². The zero-order valence-electron chi connectivity index (χ0n) is 13.4. The third kappa shape index (κ3) is 3.44. The quantitative estimate of drug-likeness (QED) is 0.929. The monoisotopic (exact) mass is 300 g/mol. The molecule has 3 rings (SSSR count). The van der Waals surface area contributed by atoms with Gasteiger partial charge in [-0.25, -0.2) is 9.97 Å². The Labute approximate surface area is 131 Å². The second-order valence-corrected chi connectivity index (χ2v) is 5.89. The van der Waals surface area contributed by atoms with Gasteiger partial charge in [0.05, 0.1) is 5.69 Å². The molecule has 1 aliphatic rings. The van der Waals surface area contributed by atoms with Gasteiger partial charge in [0.2, 0.25) is 5.95 Å². The van der Waals surface area contributed by atoms with Crippen molar-refractivity contribution in [3.8, 4) is 0 Å². The fourth-order valence-electron chi connectivity index (χ4n) is 3.06. The van der Waals surface area contributed by atoms with Crippen LogP contribution >= 0.6 is 0 Å².